The number of carbonyl (C=O) groups is 1. The summed E-state index contributed by atoms with van der Waals surface area (Å²) in [4.78, 5) is 16.0. The van der Waals surface area contributed by atoms with Crippen molar-refractivity contribution in [3.63, 3.8) is 0 Å². The van der Waals surface area contributed by atoms with Crippen LogP contribution in [0.1, 0.15) is 33.6 Å². The van der Waals surface area contributed by atoms with E-state index in [1.165, 1.54) is 0 Å². The zero-order chi connectivity index (χ0) is 11.8. The Balaban J connectivity index is 1.77. The zero-order valence-corrected chi connectivity index (χ0v) is 10.5. The first-order valence-corrected chi connectivity index (χ1v) is 6.22. The van der Waals surface area contributed by atoms with E-state index >= 15 is 0 Å². The molecule has 1 heterocycles. The van der Waals surface area contributed by atoms with Crippen LogP contribution < -0.4 is 0 Å². The van der Waals surface area contributed by atoms with Crippen LogP contribution in [0.15, 0.2) is 0 Å². The van der Waals surface area contributed by atoms with Crippen molar-refractivity contribution in [2.75, 3.05) is 26.2 Å². The maximum atomic E-state index is 11.8. The summed E-state index contributed by atoms with van der Waals surface area (Å²) in [5.41, 5.74) is -0.147. The highest BCUT2D eigenvalue weighted by Gasteiger charge is 2.42. The van der Waals surface area contributed by atoms with Gasteiger partial charge in [0, 0.05) is 32.2 Å². The number of carbonyl (C=O) groups excluding carboxylic acids is 1. The Morgan fingerprint density at radius 1 is 1.19 bits per heavy atom. The predicted molar refractivity (Wildman–Crippen MR) is 62.4 cm³/mol. The summed E-state index contributed by atoms with van der Waals surface area (Å²) in [5, 5.41) is 0. The molecule has 0 atom stereocenters. The molecular weight excluding hydrogens is 204 g/mol. The number of nitrogens with zero attached hydrogens (tertiary/aromatic N) is 2. The van der Waals surface area contributed by atoms with E-state index in [1.807, 2.05) is 11.8 Å². The van der Waals surface area contributed by atoms with Crippen molar-refractivity contribution in [2.24, 2.45) is 0 Å². The Kier molecular flexibility index (Phi) is 3.10. The monoisotopic (exact) mass is 226 g/mol. The van der Waals surface area contributed by atoms with E-state index in [2.05, 4.69) is 18.7 Å². The van der Waals surface area contributed by atoms with Crippen molar-refractivity contribution in [3.8, 4) is 0 Å². The van der Waals surface area contributed by atoms with Crippen LogP contribution in [0.2, 0.25) is 0 Å². The number of amides is 1. The maximum Gasteiger partial charge on any atom is 0.410 e. The van der Waals surface area contributed by atoms with Gasteiger partial charge in [-0.15, -0.1) is 0 Å². The van der Waals surface area contributed by atoms with Gasteiger partial charge in [-0.25, -0.2) is 4.79 Å². The Hall–Kier alpha value is -0.770. The Bertz CT molecular complexity index is 266. The van der Waals surface area contributed by atoms with E-state index in [0.717, 1.165) is 39.0 Å². The number of hydrogen-bond donors (Lipinski definition) is 0. The Labute approximate surface area is 97.5 Å². The average molecular weight is 226 g/mol. The van der Waals surface area contributed by atoms with Gasteiger partial charge in [0.05, 0.1) is 0 Å². The van der Waals surface area contributed by atoms with E-state index in [0.29, 0.717) is 6.04 Å². The Morgan fingerprint density at radius 2 is 1.75 bits per heavy atom. The number of rotatable bonds is 2. The second kappa shape index (κ2) is 4.24. The molecule has 2 rings (SSSR count). The summed E-state index contributed by atoms with van der Waals surface area (Å²) in [6.45, 7) is 9.92. The molecule has 0 aromatic heterocycles. The quantitative estimate of drug-likeness (QED) is 0.718. The molecule has 4 nitrogen and oxygen atoms in total. The van der Waals surface area contributed by atoms with Crippen LogP contribution in [0, 0.1) is 0 Å². The summed E-state index contributed by atoms with van der Waals surface area (Å²) in [6, 6.07) is 0.569. The fraction of sp³-hybridized carbons (Fsp3) is 0.917. The van der Waals surface area contributed by atoms with Crippen LogP contribution in [-0.4, -0.2) is 53.7 Å². The third-order valence-electron chi connectivity index (χ3n) is 3.59. The van der Waals surface area contributed by atoms with Gasteiger partial charge in [-0.1, -0.05) is 0 Å². The van der Waals surface area contributed by atoms with Crippen LogP contribution in [0.3, 0.4) is 0 Å². The molecule has 2 fully saturated rings. The van der Waals surface area contributed by atoms with Crippen LogP contribution >= 0.6 is 0 Å². The minimum atomic E-state index is -0.147. The maximum absolute atomic E-state index is 11.8. The van der Waals surface area contributed by atoms with Gasteiger partial charge in [0.15, 0.2) is 0 Å². The number of hydrogen-bond acceptors (Lipinski definition) is 3. The highest BCUT2D eigenvalue weighted by molar-refractivity contribution is 5.68. The molecule has 0 radical (unpaired) electrons. The normalized spacial score (nSPS) is 24.6. The predicted octanol–water partition coefficient (Wildman–Crippen LogP) is 1.70. The Morgan fingerprint density at radius 3 is 2.19 bits per heavy atom. The third kappa shape index (κ3) is 2.67. The molecule has 0 unspecified atom stereocenters. The van der Waals surface area contributed by atoms with Crippen molar-refractivity contribution in [1.82, 2.24) is 9.80 Å². The molecule has 4 heteroatoms. The summed E-state index contributed by atoms with van der Waals surface area (Å²) >= 11 is 0. The topological polar surface area (TPSA) is 32.8 Å². The lowest BCUT2D eigenvalue weighted by atomic mass is 10.2. The lowest BCUT2D eigenvalue weighted by Gasteiger charge is -2.36. The highest BCUT2D eigenvalue weighted by atomic mass is 16.6. The molecule has 0 aromatic carbocycles. The molecule has 0 N–H and O–H groups in total. The van der Waals surface area contributed by atoms with Gasteiger partial charge in [-0.3, -0.25) is 4.90 Å². The largest absolute Gasteiger partial charge is 0.443 e. The van der Waals surface area contributed by atoms with Crippen LogP contribution in [0.4, 0.5) is 4.79 Å². The van der Waals surface area contributed by atoms with Gasteiger partial charge in [0.1, 0.15) is 5.60 Å². The molecule has 1 saturated heterocycles. The van der Waals surface area contributed by atoms with Gasteiger partial charge in [-0.2, -0.15) is 0 Å². The molecule has 0 spiro atoms. The van der Waals surface area contributed by atoms with Crippen LogP contribution in [0.5, 0.6) is 0 Å². The molecule has 16 heavy (non-hydrogen) atoms. The first kappa shape index (κ1) is 11.7. The minimum Gasteiger partial charge on any atom is -0.443 e. The standard InChI is InChI=1S/C12H22N2O2/c1-10(2)13-6-8-14(9-7-13)11(15)16-12(3)4-5-12/h10H,4-9H2,1-3H3. The molecule has 2 aliphatic rings. The number of piperazine rings is 1. The van der Waals surface area contributed by atoms with E-state index in [9.17, 15) is 4.79 Å². The van der Waals surface area contributed by atoms with Gasteiger partial charge >= 0.3 is 6.09 Å². The van der Waals surface area contributed by atoms with E-state index in [4.69, 9.17) is 4.74 Å². The molecule has 1 aliphatic carbocycles. The highest BCUT2D eigenvalue weighted by Crippen LogP contribution is 2.39. The summed E-state index contributed by atoms with van der Waals surface area (Å²) in [6.07, 6.45) is 1.92. The van der Waals surface area contributed by atoms with E-state index in [1.54, 1.807) is 0 Å². The molecule has 1 amide bonds. The van der Waals surface area contributed by atoms with Crippen molar-refractivity contribution in [3.05, 3.63) is 0 Å². The molecule has 1 saturated carbocycles. The van der Waals surface area contributed by atoms with Crippen LogP contribution in [0.25, 0.3) is 0 Å². The van der Waals surface area contributed by atoms with Gasteiger partial charge in [0.2, 0.25) is 0 Å². The second-order valence-corrected chi connectivity index (χ2v) is 5.43. The third-order valence-corrected chi connectivity index (χ3v) is 3.59. The molecule has 0 aromatic rings. The first-order valence-electron chi connectivity index (χ1n) is 6.22. The van der Waals surface area contributed by atoms with E-state index in [-0.39, 0.29) is 11.7 Å². The van der Waals surface area contributed by atoms with Crippen molar-refractivity contribution in [2.45, 2.75) is 45.3 Å². The molecular formula is C12H22N2O2. The number of ether oxygens (including phenoxy) is 1. The molecule has 92 valence electrons. The SMILES string of the molecule is CC(C)N1CCN(C(=O)OC2(C)CC2)CC1. The minimum absolute atomic E-state index is 0.122. The van der Waals surface area contributed by atoms with Crippen molar-refractivity contribution < 1.29 is 9.53 Å². The van der Waals surface area contributed by atoms with Gasteiger partial charge in [0.25, 0.3) is 0 Å². The lowest BCUT2D eigenvalue weighted by Crippen LogP contribution is -2.51. The van der Waals surface area contributed by atoms with Gasteiger partial charge < -0.3 is 9.64 Å². The fourth-order valence-electron chi connectivity index (χ4n) is 1.97. The fourth-order valence-corrected chi connectivity index (χ4v) is 1.97. The summed E-state index contributed by atoms with van der Waals surface area (Å²) in [5.74, 6) is 0. The summed E-state index contributed by atoms with van der Waals surface area (Å²) < 4.78 is 5.45. The van der Waals surface area contributed by atoms with E-state index < -0.39 is 0 Å². The average Bonchev–Trinajstić information content (AvgIpc) is 2.96. The second-order valence-electron chi connectivity index (χ2n) is 5.43. The first-order chi connectivity index (χ1) is 7.50. The molecule has 0 bridgehead atoms. The molecule has 1 aliphatic heterocycles. The lowest BCUT2D eigenvalue weighted by molar-refractivity contribution is 0.0381. The zero-order valence-electron chi connectivity index (χ0n) is 10.5. The van der Waals surface area contributed by atoms with Crippen molar-refractivity contribution >= 4 is 6.09 Å². The summed E-state index contributed by atoms with van der Waals surface area (Å²) in [7, 11) is 0. The van der Waals surface area contributed by atoms with Crippen LogP contribution in [-0.2, 0) is 4.74 Å². The smallest absolute Gasteiger partial charge is 0.410 e. The van der Waals surface area contributed by atoms with Crippen molar-refractivity contribution in [1.29, 1.82) is 0 Å². The van der Waals surface area contributed by atoms with Gasteiger partial charge in [-0.05, 0) is 33.6 Å².